The second-order valence-corrected chi connectivity index (χ2v) is 3.97. The molecule has 2 heterocycles. The van der Waals surface area contributed by atoms with Gasteiger partial charge in [-0.25, -0.2) is 0 Å². The first kappa shape index (κ1) is 11.8. The molecule has 0 radical (unpaired) electrons. The van der Waals surface area contributed by atoms with E-state index in [-0.39, 0.29) is 11.8 Å². The minimum atomic E-state index is -4.66. The molecule has 94 valence electrons. The van der Waals surface area contributed by atoms with Crippen LogP contribution in [0.4, 0.5) is 24.9 Å². The molecule has 2 rings (SSSR count). The molecule has 0 unspecified atom stereocenters. The molecule has 0 bridgehead atoms. The summed E-state index contributed by atoms with van der Waals surface area (Å²) in [6, 6.07) is 0. The Morgan fingerprint density at radius 2 is 1.94 bits per heavy atom. The summed E-state index contributed by atoms with van der Waals surface area (Å²) in [5.74, 6) is 0.0967. The SMILES string of the molecule is Cc1nnc(N2CC(O)(C(F)(F)F)C2)nc1N. The predicted octanol–water partition coefficient (Wildman–Crippen LogP) is -0.124. The first-order valence-electron chi connectivity index (χ1n) is 4.74. The zero-order chi connectivity index (χ0) is 12.8. The summed E-state index contributed by atoms with van der Waals surface area (Å²) in [4.78, 5) is 4.96. The normalized spacial score (nSPS) is 19.0. The molecule has 3 N–H and O–H groups in total. The van der Waals surface area contributed by atoms with E-state index in [1.54, 1.807) is 6.92 Å². The van der Waals surface area contributed by atoms with Crippen LogP contribution >= 0.6 is 0 Å². The minimum Gasteiger partial charge on any atom is -0.382 e. The van der Waals surface area contributed by atoms with Crippen LogP contribution in [0, 0.1) is 6.92 Å². The van der Waals surface area contributed by atoms with Crippen molar-refractivity contribution in [3.05, 3.63) is 5.69 Å². The molecule has 0 atom stereocenters. The van der Waals surface area contributed by atoms with Gasteiger partial charge in [0.2, 0.25) is 5.95 Å². The van der Waals surface area contributed by atoms with Crippen LogP contribution in [0.1, 0.15) is 5.69 Å². The molecule has 0 aromatic carbocycles. The van der Waals surface area contributed by atoms with Crippen molar-refractivity contribution in [3.63, 3.8) is 0 Å². The lowest BCUT2D eigenvalue weighted by molar-refractivity contribution is -0.267. The van der Waals surface area contributed by atoms with Gasteiger partial charge < -0.3 is 15.7 Å². The Hall–Kier alpha value is -1.64. The molecular weight excluding hydrogens is 239 g/mol. The largest absolute Gasteiger partial charge is 0.420 e. The van der Waals surface area contributed by atoms with E-state index in [1.807, 2.05) is 0 Å². The molecular formula is C8H10F3N5O. The molecule has 1 aromatic rings. The van der Waals surface area contributed by atoms with Gasteiger partial charge in [0, 0.05) is 0 Å². The van der Waals surface area contributed by atoms with E-state index in [0.717, 1.165) is 4.90 Å². The number of aryl methyl sites for hydroxylation is 1. The molecule has 1 aliphatic rings. The maximum Gasteiger partial charge on any atom is 0.420 e. The van der Waals surface area contributed by atoms with Gasteiger partial charge in [0.1, 0.15) is 5.69 Å². The minimum absolute atomic E-state index is 0.0120. The summed E-state index contributed by atoms with van der Waals surface area (Å²) in [7, 11) is 0. The number of halogens is 3. The Kier molecular flexibility index (Phi) is 2.38. The van der Waals surface area contributed by atoms with Crippen LogP contribution < -0.4 is 10.6 Å². The van der Waals surface area contributed by atoms with Crippen molar-refractivity contribution in [2.45, 2.75) is 18.7 Å². The molecule has 17 heavy (non-hydrogen) atoms. The Morgan fingerprint density at radius 1 is 1.35 bits per heavy atom. The lowest BCUT2D eigenvalue weighted by Crippen LogP contribution is -2.69. The van der Waals surface area contributed by atoms with Crippen molar-refractivity contribution in [2.75, 3.05) is 23.7 Å². The van der Waals surface area contributed by atoms with Gasteiger partial charge in [-0.05, 0) is 6.92 Å². The standard InChI is InChI=1S/C8H10F3N5O/c1-4-5(12)13-6(15-14-4)16-2-7(17,3-16)8(9,10)11/h17H,2-3H2,1H3,(H2,12,13,15). The first-order valence-corrected chi connectivity index (χ1v) is 4.74. The van der Waals surface area contributed by atoms with Crippen LogP contribution in [0.2, 0.25) is 0 Å². The van der Waals surface area contributed by atoms with Crippen LogP contribution in [-0.2, 0) is 0 Å². The number of nitrogens with two attached hydrogens (primary N) is 1. The Bertz CT molecular complexity index is 443. The summed E-state index contributed by atoms with van der Waals surface area (Å²) in [6.07, 6.45) is -4.66. The highest BCUT2D eigenvalue weighted by atomic mass is 19.4. The topological polar surface area (TPSA) is 88.2 Å². The molecule has 1 saturated heterocycles. The first-order chi connectivity index (χ1) is 7.73. The van der Waals surface area contributed by atoms with Crippen molar-refractivity contribution >= 4 is 11.8 Å². The highest BCUT2D eigenvalue weighted by Gasteiger charge is 2.61. The summed E-state index contributed by atoms with van der Waals surface area (Å²) < 4.78 is 37.1. The van der Waals surface area contributed by atoms with Gasteiger partial charge in [0.05, 0.1) is 13.1 Å². The van der Waals surface area contributed by atoms with Crippen LogP contribution in [-0.4, -0.2) is 45.2 Å². The number of β-amino-alcohol motifs (C(OH)–C–C–N with tert-alkyl or cyclic N) is 1. The summed E-state index contributed by atoms with van der Waals surface area (Å²) in [5.41, 5.74) is 3.17. The Balaban J connectivity index is 2.12. The fraction of sp³-hybridized carbons (Fsp3) is 0.625. The second-order valence-electron chi connectivity index (χ2n) is 3.97. The molecule has 6 nitrogen and oxygen atoms in total. The number of nitrogens with zero attached hydrogens (tertiary/aromatic N) is 4. The second kappa shape index (κ2) is 3.42. The van der Waals surface area contributed by atoms with Crippen molar-refractivity contribution in [2.24, 2.45) is 0 Å². The van der Waals surface area contributed by atoms with Crippen LogP contribution in [0.25, 0.3) is 0 Å². The monoisotopic (exact) mass is 249 g/mol. The highest BCUT2D eigenvalue weighted by Crippen LogP contribution is 2.38. The fourth-order valence-electron chi connectivity index (χ4n) is 1.42. The molecule has 0 amide bonds. The smallest absolute Gasteiger partial charge is 0.382 e. The molecule has 1 aliphatic heterocycles. The van der Waals surface area contributed by atoms with Gasteiger partial charge in [-0.3, -0.25) is 0 Å². The van der Waals surface area contributed by atoms with Crippen molar-refractivity contribution in [1.82, 2.24) is 15.2 Å². The Morgan fingerprint density at radius 3 is 2.41 bits per heavy atom. The lowest BCUT2D eigenvalue weighted by atomic mass is 9.94. The van der Waals surface area contributed by atoms with E-state index in [1.165, 1.54) is 0 Å². The van der Waals surface area contributed by atoms with E-state index in [4.69, 9.17) is 5.73 Å². The predicted molar refractivity (Wildman–Crippen MR) is 52.2 cm³/mol. The lowest BCUT2D eigenvalue weighted by Gasteiger charge is -2.46. The number of anilines is 2. The third-order valence-electron chi connectivity index (χ3n) is 2.60. The molecule has 0 spiro atoms. The number of aromatic nitrogens is 3. The van der Waals surface area contributed by atoms with Gasteiger partial charge in [-0.1, -0.05) is 0 Å². The number of hydrogen-bond acceptors (Lipinski definition) is 6. The molecule has 9 heteroatoms. The van der Waals surface area contributed by atoms with E-state index in [9.17, 15) is 18.3 Å². The van der Waals surface area contributed by atoms with E-state index in [2.05, 4.69) is 15.2 Å². The van der Waals surface area contributed by atoms with Crippen molar-refractivity contribution in [1.29, 1.82) is 0 Å². The zero-order valence-electron chi connectivity index (χ0n) is 8.86. The van der Waals surface area contributed by atoms with E-state index >= 15 is 0 Å². The van der Waals surface area contributed by atoms with E-state index < -0.39 is 24.9 Å². The van der Waals surface area contributed by atoms with Crippen molar-refractivity contribution in [3.8, 4) is 0 Å². The van der Waals surface area contributed by atoms with Gasteiger partial charge >= 0.3 is 6.18 Å². The number of aliphatic hydroxyl groups is 1. The molecule has 1 fully saturated rings. The van der Waals surface area contributed by atoms with Crippen LogP contribution in [0.5, 0.6) is 0 Å². The molecule has 0 aliphatic carbocycles. The fourth-order valence-corrected chi connectivity index (χ4v) is 1.42. The van der Waals surface area contributed by atoms with E-state index in [0.29, 0.717) is 5.69 Å². The van der Waals surface area contributed by atoms with Gasteiger partial charge in [-0.2, -0.15) is 18.2 Å². The summed E-state index contributed by atoms with van der Waals surface area (Å²) >= 11 is 0. The third-order valence-corrected chi connectivity index (χ3v) is 2.60. The Labute approximate surface area is 94.3 Å². The van der Waals surface area contributed by atoms with Crippen LogP contribution in [0.3, 0.4) is 0 Å². The van der Waals surface area contributed by atoms with Gasteiger partial charge in [0.15, 0.2) is 11.4 Å². The summed E-state index contributed by atoms with van der Waals surface area (Å²) in [6.45, 7) is 0.364. The summed E-state index contributed by atoms with van der Waals surface area (Å²) in [5, 5.41) is 16.5. The maximum atomic E-state index is 12.4. The third kappa shape index (κ3) is 1.86. The number of nitrogen functional groups attached to an aromatic ring is 1. The average Bonchev–Trinajstić information content (AvgIpc) is 2.16. The maximum absolute atomic E-state index is 12.4. The quantitative estimate of drug-likeness (QED) is 0.721. The highest BCUT2D eigenvalue weighted by molar-refractivity contribution is 5.43. The van der Waals surface area contributed by atoms with Gasteiger partial charge in [0.25, 0.3) is 0 Å². The number of rotatable bonds is 1. The number of alkyl halides is 3. The molecule has 0 saturated carbocycles. The zero-order valence-corrected chi connectivity index (χ0v) is 8.86. The van der Waals surface area contributed by atoms with Crippen LogP contribution in [0.15, 0.2) is 0 Å². The molecule has 1 aromatic heterocycles. The van der Waals surface area contributed by atoms with Gasteiger partial charge in [-0.15, -0.1) is 10.2 Å². The van der Waals surface area contributed by atoms with Crippen molar-refractivity contribution < 1.29 is 18.3 Å². The average molecular weight is 249 g/mol. The number of hydrogen-bond donors (Lipinski definition) is 2.